The quantitative estimate of drug-likeness (QED) is 0.806. The van der Waals surface area contributed by atoms with Gasteiger partial charge < -0.3 is 5.32 Å². The molecule has 0 aromatic heterocycles. The van der Waals surface area contributed by atoms with E-state index in [4.69, 9.17) is 0 Å². The summed E-state index contributed by atoms with van der Waals surface area (Å²) in [7, 11) is 0. The molecular formula is C18H29N. The predicted molar refractivity (Wildman–Crippen MR) is 83.4 cm³/mol. The van der Waals surface area contributed by atoms with Gasteiger partial charge in [-0.15, -0.1) is 0 Å². The van der Waals surface area contributed by atoms with Crippen LogP contribution < -0.4 is 5.32 Å². The molecular weight excluding hydrogens is 230 g/mol. The maximum atomic E-state index is 3.74. The van der Waals surface area contributed by atoms with Crippen LogP contribution in [0.2, 0.25) is 0 Å². The van der Waals surface area contributed by atoms with Crippen LogP contribution in [-0.2, 0) is 6.42 Å². The molecule has 3 unspecified atom stereocenters. The van der Waals surface area contributed by atoms with Gasteiger partial charge in [-0.1, -0.05) is 57.4 Å². The number of hydrogen-bond donors (Lipinski definition) is 1. The fourth-order valence-corrected chi connectivity index (χ4v) is 3.18. The second-order valence-electron chi connectivity index (χ2n) is 6.25. The molecule has 106 valence electrons. The van der Waals surface area contributed by atoms with Crippen LogP contribution in [0.4, 0.5) is 0 Å². The Hall–Kier alpha value is -0.820. The summed E-state index contributed by atoms with van der Waals surface area (Å²) in [5.74, 6) is 1.78. The molecule has 1 heteroatoms. The molecule has 1 aliphatic carbocycles. The first-order valence-corrected chi connectivity index (χ1v) is 8.03. The standard InChI is InChI=1S/C18H29N/c1-4-16-9-11-17(12-10-16)15(3)19-13-18-8-6-5-7-14(18)2/h9-12,14-15,18-19H,4-8,13H2,1-3H3. The third kappa shape index (κ3) is 4.07. The minimum Gasteiger partial charge on any atom is -0.310 e. The van der Waals surface area contributed by atoms with E-state index in [0.717, 1.165) is 18.3 Å². The molecule has 0 bridgehead atoms. The van der Waals surface area contributed by atoms with Crippen molar-refractivity contribution in [3.05, 3.63) is 35.4 Å². The fraction of sp³-hybridized carbons (Fsp3) is 0.667. The van der Waals surface area contributed by atoms with E-state index in [1.165, 1.54) is 43.4 Å². The van der Waals surface area contributed by atoms with Gasteiger partial charge in [0.15, 0.2) is 0 Å². The van der Waals surface area contributed by atoms with Gasteiger partial charge in [0.25, 0.3) is 0 Å². The van der Waals surface area contributed by atoms with Crippen LogP contribution in [0, 0.1) is 11.8 Å². The van der Waals surface area contributed by atoms with E-state index in [1.807, 2.05) is 0 Å². The smallest absolute Gasteiger partial charge is 0.0291 e. The van der Waals surface area contributed by atoms with E-state index < -0.39 is 0 Å². The first kappa shape index (κ1) is 14.6. The molecule has 19 heavy (non-hydrogen) atoms. The minimum absolute atomic E-state index is 0.472. The molecule has 0 aliphatic heterocycles. The number of nitrogens with one attached hydrogen (secondary N) is 1. The first-order valence-electron chi connectivity index (χ1n) is 8.03. The molecule has 1 N–H and O–H groups in total. The van der Waals surface area contributed by atoms with Gasteiger partial charge in [-0.05, 0) is 49.3 Å². The highest BCUT2D eigenvalue weighted by molar-refractivity contribution is 5.24. The molecule has 1 aliphatic rings. The molecule has 2 rings (SSSR count). The molecule has 0 amide bonds. The van der Waals surface area contributed by atoms with E-state index in [2.05, 4.69) is 50.4 Å². The van der Waals surface area contributed by atoms with Crippen molar-refractivity contribution in [1.29, 1.82) is 0 Å². The second kappa shape index (κ2) is 7.09. The maximum absolute atomic E-state index is 3.74. The highest BCUT2D eigenvalue weighted by Gasteiger charge is 2.21. The van der Waals surface area contributed by atoms with Crippen molar-refractivity contribution in [2.45, 2.75) is 58.9 Å². The lowest BCUT2D eigenvalue weighted by Crippen LogP contribution is -2.31. The van der Waals surface area contributed by atoms with Gasteiger partial charge in [-0.25, -0.2) is 0 Å². The van der Waals surface area contributed by atoms with Crippen LogP contribution >= 0.6 is 0 Å². The SMILES string of the molecule is CCc1ccc(C(C)NCC2CCCCC2C)cc1. The summed E-state index contributed by atoms with van der Waals surface area (Å²) in [5.41, 5.74) is 2.84. The zero-order valence-electron chi connectivity index (χ0n) is 12.8. The maximum Gasteiger partial charge on any atom is 0.0291 e. The molecule has 1 nitrogen and oxygen atoms in total. The molecule has 1 saturated carbocycles. The predicted octanol–water partition coefficient (Wildman–Crippen LogP) is 4.73. The van der Waals surface area contributed by atoms with Crippen molar-refractivity contribution < 1.29 is 0 Å². The summed E-state index contributed by atoms with van der Waals surface area (Å²) >= 11 is 0. The second-order valence-corrected chi connectivity index (χ2v) is 6.25. The first-order chi connectivity index (χ1) is 9.20. The lowest BCUT2D eigenvalue weighted by molar-refractivity contribution is 0.242. The van der Waals surface area contributed by atoms with E-state index in [0.29, 0.717) is 6.04 Å². The lowest BCUT2D eigenvalue weighted by Gasteiger charge is -2.30. The third-order valence-corrected chi connectivity index (χ3v) is 4.86. The van der Waals surface area contributed by atoms with Crippen LogP contribution in [0.1, 0.15) is 63.6 Å². The molecule has 1 aromatic carbocycles. The Morgan fingerprint density at radius 2 is 1.84 bits per heavy atom. The number of rotatable bonds is 5. The Morgan fingerprint density at radius 3 is 2.47 bits per heavy atom. The third-order valence-electron chi connectivity index (χ3n) is 4.86. The molecule has 1 aromatic rings. The Kier molecular flexibility index (Phi) is 5.45. The van der Waals surface area contributed by atoms with E-state index in [-0.39, 0.29) is 0 Å². The van der Waals surface area contributed by atoms with Gasteiger partial charge in [0.2, 0.25) is 0 Å². The van der Waals surface area contributed by atoms with Crippen LogP contribution in [0.15, 0.2) is 24.3 Å². The van der Waals surface area contributed by atoms with Crippen molar-refractivity contribution in [3.8, 4) is 0 Å². The summed E-state index contributed by atoms with van der Waals surface area (Å²) in [5, 5.41) is 3.74. The van der Waals surface area contributed by atoms with Gasteiger partial charge in [-0.3, -0.25) is 0 Å². The highest BCUT2D eigenvalue weighted by Crippen LogP contribution is 2.29. The highest BCUT2D eigenvalue weighted by atomic mass is 14.9. The minimum atomic E-state index is 0.472. The number of aryl methyl sites for hydroxylation is 1. The Morgan fingerprint density at radius 1 is 1.16 bits per heavy atom. The van der Waals surface area contributed by atoms with Crippen molar-refractivity contribution in [1.82, 2.24) is 5.32 Å². The number of benzene rings is 1. The van der Waals surface area contributed by atoms with Crippen LogP contribution in [-0.4, -0.2) is 6.54 Å². The van der Waals surface area contributed by atoms with Crippen molar-refractivity contribution in [2.75, 3.05) is 6.54 Å². The zero-order valence-corrected chi connectivity index (χ0v) is 12.8. The van der Waals surface area contributed by atoms with Gasteiger partial charge >= 0.3 is 0 Å². The summed E-state index contributed by atoms with van der Waals surface area (Å²) in [6.07, 6.45) is 6.82. The average molecular weight is 259 g/mol. The van der Waals surface area contributed by atoms with Crippen LogP contribution in [0.3, 0.4) is 0 Å². The molecule has 3 atom stereocenters. The van der Waals surface area contributed by atoms with Gasteiger partial charge in [0.05, 0.1) is 0 Å². The van der Waals surface area contributed by atoms with Crippen molar-refractivity contribution >= 4 is 0 Å². The van der Waals surface area contributed by atoms with Gasteiger partial charge in [0.1, 0.15) is 0 Å². The van der Waals surface area contributed by atoms with E-state index in [1.54, 1.807) is 0 Å². The molecule has 0 saturated heterocycles. The van der Waals surface area contributed by atoms with E-state index >= 15 is 0 Å². The Labute approximate surface area is 118 Å². The average Bonchev–Trinajstić information content (AvgIpc) is 2.46. The largest absolute Gasteiger partial charge is 0.310 e. The molecule has 1 fully saturated rings. The van der Waals surface area contributed by atoms with Crippen LogP contribution in [0.25, 0.3) is 0 Å². The summed E-state index contributed by atoms with van der Waals surface area (Å²) in [6, 6.07) is 9.55. The molecule has 0 radical (unpaired) electrons. The normalized spacial score (nSPS) is 25.2. The Balaban J connectivity index is 1.84. The monoisotopic (exact) mass is 259 g/mol. The Bertz CT molecular complexity index is 368. The summed E-state index contributed by atoms with van der Waals surface area (Å²) in [6.45, 7) is 8.10. The molecule has 0 spiro atoms. The fourth-order valence-electron chi connectivity index (χ4n) is 3.18. The van der Waals surface area contributed by atoms with E-state index in [9.17, 15) is 0 Å². The zero-order chi connectivity index (χ0) is 13.7. The summed E-state index contributed by atoms with van der Waals surface area (Å²) in [4.78, 5) is 0. The van der Waals surface area contributed by atoms with Gasteiger partial charge in [-0.2, -0.15) is 0 Å². The lowest BCUT2D eigenvalue weighted by atomic mass is 9.80. The molecule has 0 heterocycles. The topological polar surface area (TPSA) is 12.0 Å². The van der Waals surface area contributed by atoms with Crippen molar-refractivity contribution in [3.63, 3.8) is 0 Å². The summed E-state index contributed by atoms with van der Waals surface area (Å²) < 4.78 is 0. The van der Waals surface area contributed by atoms with Gasteiger partial charge in [0, 0.05) is 6.04 Å². The van der Waals surface area contributed by atoms with Crippen molar-refractivity contribution in [2.24, 2.45) is 11.8 Å². The number of hydrogen-bond acceptors (Lipinski definition) is 1. The van der Waals surface area contributed by atoms with Crippen LogP contribution in [0.5, 0.6) is 0 Å².